The number of esters is 3. The summed E-state index contributed by atoms with van der Waals surface area (Å²) >= 11 is 0. The normalized spacial score (nSPS) is 12.5. The predicted octanol–water partition coefficient (Wildman–Crippen LogP) is 16.1. The Morgan fingerprint density at radius 1 is 0.368 bits per heavy atom. The Balaban J connectivity index is 4.21. The molecule has 0 aliphatic rings. The molecule has 0 aromatic carbocycles. The lowest BCUT2D eigenvalue weighted by Gasteiger charge is -2.18. The molecule has 57 heavy (non-hydrogen) atoms. The van der Waals surface area contributed by atoms with Crippen LogP contribution in [0, 0.1) is 11.8 Å². The molecule has 0 radical (unpaired) electrons. The maximum absolute atomic E-state index is 12.7. The van der Waals surface area contributed by atoms with Crippen LogP contribution < -0.4 is 0 Å². The molecule has 0 aliphatic heterocycles. The van der Waals surface area contributed by atoms with E-state index in [1.807, 2.05) is 0 Å². The van der Waals surface area contributed by atoms with E-state index in [0.29, 0.717) is 19.3 Å². The molecular formula is C51H98O6. The Bertz CT molecular complexity index is 872. The van der Waals surface area contributed by atoms with Gasteiger partial charge in [-0.3, -0.25) is 14.4 Å². The molecule has 0 heterocycles. The summed E-state index contributed by atoms with van der Waals surface area (Å²) < 4.78 is 16.7. The van der Waals surface area contributed by atoms with E-state index in [1.54, 1.807) is 0 Å². The third-order valence-corrected chi connectivity index (χ3v) is 11.8. The van der Waals surface area contributed by atoms with Crippen molar-refractivity contribution in [3.63, 3.8) is 0 Å². The van der Waals surface area contributed by atoms with Gasteiger partial charge in [0.15, 0.2) is 6.10 Å². The van der Waals surface area contributed by atoms with Gasteiger partial charge in [0, 0.05) is 19.3 Å². The summed E-state index contributed by atoms with van der Waals surface area (Å²) in [6.45, 7) is 11.3. The molecule has 0 fully saturated rings. The summed E-state index contributed by atoms with van der Waals surface area (Å²) in [6.07, 6.45) is 43.9. The maximum Gasteiger partial charge on any atom is 0.306 e. The molecule has 0 bridgehead atoms. The highest BCUT2D eigenvalue weighted by atomic mass is 16.6. The molecule has 0 N–H and O–H groups in total. The van der Waals surface area contributed by atoms with Gasteiger partial charge in [-0.05, 0) is 31.1 Å². The molecule has 1 unspecified atom stereocenters. The highest BCUT2D eigenvalue weighted by Crippen LogP contribution is 2.17. The van der Waals surface area contributed by atoms with Gasteiger partial charge < -0.3 is 14.2 Å². The van der Waals surface area contributed by atoms with Crippen molar-refractivity contribution in [1.29, 1.82) is 0 Å². The average molecular weight is 807 g/mol. The number of unbranched alkanes of at least 4 members (excludes halogenated alkanes) is 29. The summed E-state index contributed by atoms with van der Waals surface area (Å²) in [7, 11) is 0. The largest absolute Gasteiger partial charge is 0.462 e. The third-order valence-electron chi connectivity index (χ3n) is 11.8. The van der Waals surface area contributed by atoms with Crippen LogP contribution in [0.3, 0.4) is 0 Å². The van der Waals surface area contributed by atoms with Gasteiger partial charge >= 0.3 is 17.9 Å². The van der Waals surface area contributed by atoms with Crippen molar-refractivity contribution in [1.82, 2.24) is 0 Å². The van der Waals surface area contributed by atoms with Crippen molar-refractivity contribution in [3.05, 3.63) is 0 Å². The highest BCUT2D eigenvalue weighted by Gasteiger charge is 2.19. The molecule has 0 aliphatic carbocycles. The topological polar surface area (TPSA) is 78.9 Å². The minimum absolute atomic E-state index is 0.0655. The molecule has 0 aromatic rings. The SMILES string of the molecule is CCCCCCCCCCCCCCCCCCCCCC(=O)OC[C@H](COC(=O)CCCCCCCCC(C)CC)OC(=O)CCCCCCCCCC(C)C. The molecule has 338 valence electrons. The van der Waals surface area contributed by atoms with Gasteiger partial charge in [-0.15, -0.1) is 0 Å². The molecule has 0 saturated carbocycles. The Morgan fingerprint density at radius 2 is 0.667 bits per heavy atom. The second-order valence-electron chi connectivity index (χ2n) is 18.2. The van der Waals surface area contributed by atoms with Crippen molar-refractivity contribution >= 4 is 17.9 Å². The minimum atomic E-state index is -0.762. The zero-order valence-corrected chi connectivity index (χ0v) is 39.0. The van der Waals surface area contributed by atoms with Crippen LogP contribution in [0.2, 0.25) is 0 Å². The van der Waals surface area contributed by atoms with Crippen LogP contribution in [0.15, 0.2) is 0 Å². The van der Waals surface area contributed by atoms with E-state index in [1.165, 1.54) is 167 Å². The number of rotatable bonds is 45. The van der Waals surface area contributed by atoms with Crippen molar-refractivity contribution in [2.24, 2.45) is 11.8 Å². The molecule has 6 nitrogen and oxygen atoms in total. The number of hydrogen-bond acceptors (Lipinski definition) is 6. The van der Waals surface area contributed by atoms with Crippen molar-refractivity contribution in [3.8, 4) is 0 Å². The highest BCUT2D eigenvalue weighted by molar-refractivity contribution is 5.71. The lowest BCUT2D eigenvalue weighted by atomic mass is 10.00. The maximum atomic E-state index is 12.7. The Labute approximate surface area is 355 Å². The zero-order chi connectivity index (χ0) is 41.9. The lowest BCUT2D eigenvalue weighted by molar-refractivity contribution is -0.167. The van der Waals surface area contributed by atoms with E-state index in [-0.39, 0.29) is 31.1 Å². The van der Waals surface area contributed by atoms with E-state index in [2.05, 4.69) is 34.6 Å². The van der Waals surface area contributed by atoms with E-state index in [4.69, 9.17) is 14.2 Å². The quantitative estimate of drug-likeness (QED) is 0.0346. The molecule has 6 heteroatoms. The molecule has 0 amide bonds. The van der Waals surface area contributed by atoms with E-state index in [9.17, 15) is 14.4 Å². The summed E-state index contributed by atoms with van der Waals surface area (Å²) in [5, 5.41) is 0. The van der Waals surface area contributed by atoms with Gasteiger partial charge in [0.2, 0.25) is 0 Å². The number of hydrogen-bond donors (Lipinski definition) is 0. The second kappa shape index (κ2) is 44.0. The van der Waals surface area contributed by atoms with E-state index >= 15 is 0 Å². The molecule has 0 saturated heterocycles. The summed E-state index contributed by atoms with van der Waals surface area (Å²) in [5.41, 5.74) is 0. The smallest absolute Gasteiger partial charge is 0.306 e. The van der Waals surface area contributed by atoms with Crippen LogP contribution >= 0.6 is 0 Å². The number of carbonyl (C=O) groups is 3. The lowest BCUT2D eigenvalue weighted by Crippen LogP contribution is -2.30. The fourth-order valence-electron chi connectivity index (χ4n) is 7.60. The zero-order valence-electron chi connectivity index (χ0n) is 39.0. The van der Waals surface area contributed by atoms with Crippen LogP contribution in [0.4, 0.5) is 0 Å². The van der Waals surface area contributed by atoms with Gasteiger partial charge in [-0.25, -0.2) is 0 Å². The fourth-order valence-corrected chi connectivity index (χ4v) is 7.60. The standard InChI is InChI=1S/C51H98O6/c1-6-8-9-10-11-12-13-14-15-16-17-18-19-20-21-22-25-31-36-41-49(52)55-44-48(57-51(54)43-38-33-26-23-24-29-34-39-46(3)4)45-56-50(53)42-37-32-28-27-30-35-40-47(5)7-2/h46-48H,6-45H2,1-5H3/t47?,48-/m1/s1. The van der Waals surface area contributed by atoms with Crippen molar-refractivity contribution in [2.45, 2.75) is 285 Å². The van der Waals surface area contributed by atoms with E-state index < -0.39 is 6.10 Å². The van der Waals surface area contributed by atoms with Crippen LogP contribution in [-0.4, -0.2) is 37.2 Å². The van der Waals surface area contributed by atoms with Crippen LogP contribution in [0.25, 0.3) is 0 Å². The summed E-state index contributed by atoms with van der Waals surface area (Å²) in [5.74, 6) is 0.734. The van der Waals surface area contributed by atoms with Gasteiger partial charge in [-0.1, -0.05) is 240 Å². The monoisotopic (exact) mass is 807 g/mol. The van der Waals surface area contributed by atoms with Crippen molar-refractivity contribution in [2.75, 3.05) is 13.2 Å². The van der Waals surface area contributed by atoms with Crippen LogP contribution in [-0.2, 0) is 28.6 Å². The molecule has 0 spiro atoms. The molecular weight excluding hydrogens is 709 g/mol. The molecule has 0 aromatic heterocycles. The average Bonchev–Trinajstić information content (AvgIpc) is 3.19. The first-order valence-corrected chi connectivity index (χ1v) is 25.3. The van der Waals surface area contributed by atoms with Gasteiger partial charge in [0.25, 0.3) is 0 Å². The first-order chi connectivity index (χ1) is 27.8. The van der Waals surface area contributed by atoms with E-state index in [0.717, 1.165) is 69.6 Å². The Kier molecular flexibility index (Phi) is 42.7. The van der Waals surface area contributed by atoms with Gasteiger partial charge in [0.05, 0.1) is 0 Å². The van der Waals surface area contributed by atoms with Crippen molar-refractivity contribution < 1.29 is 28.6 Å². The number of carbonyl (C=O) groups excluding carboxylic acids is 3. The Morgan fingerprint density at radius 3 is 1.00 bits per heavy atom. The Hall–Kier alpha value is -1.59. The number of ether oxygens (including phenoxy) is 3. The predicted molar refractivity (Wildman–Crippen MR) is 243 cm³/mol. The second-order valence-corrected chi connectivity index (χ2v) is 18.2. The van der Waals surface area contributed by atoms with Gasteiger partial charge in [-0.2, -0.15) is 0 Å². The molecule has 2 atom stereocenters. The van der Waals surface area contributed by atoms with Gasteiger partial charge in [0.1, 0.15) is 13.2 Å². The van der Waals surface area contributed by atoms with Crippen LogP contribution in [0.1, 0.15) is 279 Å². The first kappa shape index (κ1) is 55.4. The summed E-state index contributed by atoms with van der Waals surface area (Å²) in [6, 6.07) is 0. The molecule has 0 rings (SSSR count). The third kappa shape index (κ3) is 43.8. The van der Waals surface area contributed by atoms with Crippen LogP contribution in [0.5, 0.6) is 0 Å². The first-order valence-electron chi connectivity index (χ1n) is 25.3. The minimum Gasteiger partial charge on any atom is -0.462 e. The summed E-state index contributed by atoms with van der Waals surface area (Å²) in [4.78, 5) is 37.8. The fraction of sp³-hybridized carbons (Fsp3) is 0.941.